The Bertz CT molecular complexity index is 1300. The van der Waals surface area contributed by atoms with E-state index < -0.39 is 0 Å². The van der Waals surface area contributed by atoms with E-state index in [2.05, 4.69) is 52.2 Å². The topological polar surface area (TPSA) is 146 Å². The highest BCUT2D eigenvalue weighted by Gasteiger charge is 2.47. The molecule has 0 bridgehead atoms. The molecular weight excluding hydrogens is 478 g/mol. The average molecular weight is 516 g/mol. The zero-order valence-corrected chi connectivity index (χ0v) is 22.2. The fourth-order valence-electron chi connectivity index (χ4n) is 6.36. The minimum atomic E-state index is 0.0477. The Hall–Kier alpha value is -3.50. The summed E-state index contributed by atoms with van der Waals surface area (Å²) < 4.78 is 5.86. The zero-order valence-electron chi connectivity index (χ0n) is 22.2. The number of aromatic nitrogens is 4. The van der Waals surface area contributed by atoms with Crippen LogP contribution in [0.25, 0.3) is 5.57 Å². The van der Waals surface area contributed by atoms with Gasteiger partial charge in [-0.2, -0.15) is 5.10 Å². The third kappa shape index (κ3) is 4.21. The minimum absolute atomic E-state index is 0.0477. The van der Waals surface area contributed by atoms with Crippen molar-refractivity contribution in [2.24, 2.45) is 17.1 Å². The van der Waals surface area contributed by atoms with Crippen molar-refractivity contribution >= 4 is 23.0 Å². The second-order valence-electron chi connectivity index (χ2n) is 11.1. The summed E-state index contributed by atoms with van der Waals surface area (Å²) in [7, 11) is 0. The van der Waals surface area contributed by atoms with Gasteiger partial charge >= 0.3 is 0 Å². The normalized spacial score (nSPS) is 26.9. The number of aromatic amines is 1. The Kier molecular flexibility index (Phi) is 6.31. The molecule has 6 N–H and O–H groups in total. The van der Waals surface area contributed by atoms with Gasteiger partial charge in [-0.3, -0.25) is 10.5 Å². The summed E-state index contributed by atoms with van der Waals surface area (Å²) in [4.78, 5) is 13.6. The molecule has 0 saturated carbocycles. The number of nitrogens with zero attached hydrogens (tertiary/aromatic N) is 5. The van der Waals surface area contributed by atoms with Crippen LogP contribution in [0.2, 0.25) is 0 Å². The molecule has 2 fully saturated rings. The number of ether oxygens (including phenoxy) is 1. The van der Waals surface area contributed by atoms with Gasteiger partial charge in [0.05, 0.1) is 24.6 Å². The van der Waals surface area contributed by atoms with Crippen LogP contribution in [0.1, 0.15) is 50.9 Å². The maximum absolute atomic E-state index is 9.08. The molecule has 0 amide bonds. The number of hydrogen-bond donors (Lipinski definition) is 4. The maximum Gasteiger partial charge on any atom is 0.155 e. The van der Waals surface area contributed by atoms with Crippen LogP contribution >= 0.6 is 0 Å². The minimum Gasteiger partial charge on any atom is -0.382 e. The van der Waals surface area contributed by atoms with Gasteiger partial charge in [-0.05, 0) is 61.8 Å². The van der Waals surface area contributed by atoms with Crippen LogP contribution in [0, 0.1) is 16.7 Å². The largest absolute Gasteiger partial charge is 0.382 e. The maximum atomic E-state index is 9.08. The van der Waals surface area contributed by atoms with Crippen molar-refractivity contribution in [1.29, 1.82) is 5.41 Å². The van der Waals surface area contributed by atoms with Gasteiger partial charge in [-0.1, -0.05) is 19.1 Å². The van der Waals surface area contributed by atoms with Crippen molar-refractivity contribution in [3.8, 4) is 0 Å². The lowest BCUT2D eigenvalue weighted by atomic mass is 9.73. The van der Waals surface area contributed by atoms with E-state index in [1.54, 1.807) is 12.4 Å². The molecule has 3 aliphatic heterocycles. The first-order valence-corrected chi connectivity index (χ1v) is 13.6. The number of hydrogen-bond acceptors (Lipinski definition) is 8. The quantitative estimate of drug-likeness (QED) is 0.360. The summed E-state index contributed by atoms with van der Waals surface area (Å²) >= 11 is 0. The summed E-state index contributed by atoms with van der Waals surface area (Å²) in [5, 5.41) is 16.2. The lowest BCUT2D eigenvalue weighted by Crippen LogP contribution is -2.50. The molecule has 1 aliphatic carbocycles. The lowest BCUT2D eigenvalue weighted by Gasteiger charge is -2.41. The summed E-state index contributed by atoms with van der Waals surface area (Å²) in [5.41, 5.74) is 17.8. The van der Waals surface area contributed by atoms with E-state index >= 15 is 0 Å². The number of nitrogens with two attached hydrogens (primary N) is 2. The molecule has 2 aromatic heterocycles. The fraction of sp³-hybridized carbons (Fsp3) is 0.500. The van der Waals surface area contributed by atoms with Gasteiger partial charge < -0.3 is 26.0 Å². The van der Waals surface area contributed by atoms with Crippen LogP contribution in [0.3, 0.4) is 0 Å². The highest BCUT2D eigenvalue weighted by atomic mass is 16.5. The molecule has 2 saturated heterocycles. The second kappa shape index (κ2) is 9.67. The fourth-order valence-corrected chi connectivity index (χ4v) is 6.36. The van der Waals surface area contributed by atoms with Crippen molar-refractivity contribution in [3.63, 3.8) is 0 Å². The van der Waals surface area contributed by atoms with Crippen molar-refractivity contribution in [2.45, 2.75) is 51.7 Å². The van der Waals surface area contributed by atoms with Crippen LogP contribution in [0.5, 0.6) is 0 Å². The van der Waals surface area contributed by atoms with E-state index in [9.17, 15) is 0 Å². The predicted molar refractivity (Wildman–Crippen MR) is 148 cm³/mol. The number of nitrogen functional groups attached to an aromatic ring is 1. The first-order valence-electron chi connectivity index (χ1n) is 13.6. The molecular formula is C28H37N9O. The van der Waals surface area contributed by atoms with Crippen LogP contribution in [-0.2, 0) is 4.74 Å². The highest BCUT2D eigenvalue weighted by molar-refractivity contribution is 6.00. The smallest absolute Gasteiger partial charge is 0.155 e. The van der Waals surface area contributed by atoms with Crippen LogP contribution in [0.4, 0.5) is 11.6 Å². The van der Waals surface area contributed by atoms with Crippen molar-refractivity contribution < 1.29 is 4.74 Å². The molecule has 2 aromatic rings. The molecule has 0 radical (unpaired) electrons. The summed E-state index contributed by atoms with van der Waals surface area (Å²) in [6, 6.07) is 2.04. The van der Waals surface area contributed by atoms with Crippen LogP contribution < -0.4 is 16.4 Å². The molecule has 0 aromatic carbocycles. The number of rotatable bonds is 3. The van der Waals surface area contributed by atoms with Crippen molar-refractivity contribution in [3.05, 3.63) is 59.3 Å². The molecule has 5 heterocycles. The Morgan fingerprint density at radius 1 is 1.21 bits per heavy atom. The highest BCUT2D eigenvalue weighted by Crippen LogP contribution is 2.42. The number of H-pyrrole nitrogens is 1. The monoisotopic (exact) mass is 515 g/mol. The zero-order chi connectivity index (χ0) is 26.4. The number of piperidine rings is 1. The molecule has 200 valence electrons. The van der Waals surface area contributed by atoms with Crippen LogP contribution in [-0.4, -0.2) is 69.3 Å². The molecule has 3 atom stereocenters. The van der Waals surface area contributed by atoms with E-state index in [0.717, 1.165) is 74.7 Å². The second-order valence-corrected chi connectivity index (χ2v) is 11.1. The summed E-state index contributed by atoms with van der Waals surface area (Å²) in [5.74, 6) is 1.77. The Balaban J connectivity index is 1.20. The number of anilines is 2. The van der Waals surface area contributed by atoms with E-state index in [-0.39, 0.29) is 29.2 Å². The van der Waals surface area contributed by atoms with Gasteiger partial charge in [-0.25, -0.2) is 9.97 Å². The first kappa shape index (κ1) is 24.8. The van der Waals surface area contributed by atoms with Gasteiger partial charge in [0.15, 0.2) is 11.7 Å². The molecule has 1 spiro atoms. The van der Waals surface area contributed by atoms with Gasteiger partial charge in [0.25, 0.3) is 0 Å². The van der Waals surface area contributed by atoms with Gasteiger partial charge in [0, 0.05) is 43.0 Å². The molecule has 0 unspecified atom stereocenters. The Labute approximate surface area is 223 Å². The first-order chi connectivity index (χ1) is 18.4. The van der Waals surface area contributed by atoms with E-state index in [1.165, 1.54) is 5.57 Å². The van der Waals surface area contributed by atoms with Crippen molar-refractivity contribution in [2.75, 3.05) is 36.9 Å². The van der Waals surface area contributed by atoms with Crippen LogP contribution in [0.15, 0.2) is 48.0 Å². The third-order valence-electron chi connectivity index (χ3n) is 8.99. The molecule has 4 aliphatic rings. The van der Waals surface area contributed by atoms with Gasteiger partial charge in [-0.15, -0.1) is 0 Å². The van der Waals surface area contributed by atoms with E-state index in [1.807, 2.05) is 11.0 Å². The molecule has 38 heavy (non-hydrogen) atoms. The Morgan fingerprint density at radius 2 is 2.03 bits per heavy atom. The standard InChI is InChI=1S/C28H37N9O/c1-17-8-12-37(22-6-4-19(3-5-20(17)22)21-7-11-33-35-21)27(31)24-26(30)34-23(15-32-24)36-13-9-28(10-14-36)16-38-18(2)25(28)29/h3-4,6-7,11,15,17-18,25,31H,5,8-10,12-14,16,29H2,1-2H3,(H2,30,34)(H,33,35)/t17-,18-,25+/m0/s1. The Morgan fingerprint density at radius 3 is 2.71 bits per heavy atom. The average Bonchev–Trinajstić information content (AvgIpc) is 3.48. The summed E-state index contributed by atoms with van der Waals surface area (Å²) in [6.45, 7) is 7.47. The molecule has 6 rings (SSSR count). The van der Waals surface area contributed by atoms with E-state index in [4.69, 9.17) is 26.6 Å². The van der Waals surface area contributed by atoms with E-state index in [0.29, 0.717) is 11.6 Å². The third-order valence-corrected chi connectivity index (χ3v) is 8.99. The predicted octanol–water partition coefficient (Wildman–Crippen LogP) is 3.08. The molecule has 10 heteroatoms. The number of allylic oxidation sites excluding steroid dienone is 5. The van der Waals surface area contributed by atoms with Gasteiger partial charge in [0.1, 0.15) is 11.5 Å². The molecule has 10 nitrogen and oxygen atoms in total. The number of nitrogens with one attached hydrogen (secondary N) is 2. The van der Waals surface area contributed by atoms with Gasteiger partial charge in [0.2, 0.25) is 0 Å². The summed E-state index contributed by atoms with van der Waals surface area (Å²) in [6.07, 6.45) is 13.8. The number of amidine groups is 1. The lowest BCUT2D eigenvalue weighted by molar-refractivity contribution is 0.0974. The van der Waals surface area contributed by atoms with Crippen molar-refractivity contribution in [1.82, 2.24) is 25.1 Å². The SMILES string of the molecule is C[C@@H]1OCC2(CCN(c3cnc(C(=N)N4CC[C@H](C)C5=C4C=CC(c4ccn[nH]4)=CC5)c(N)n3)CC2)[C@@H]1N.